The first-order valence-corrected chi connectivity index (χ1v) is 9.89. The summed E-state index contributed by atoms with van der Waals surface area (Å²) < 4.78 is 8.07. The number of ketones is 1. The topological polar surface area (TPSA) is 99.6 Å². The van der Waals surface area contributed by atoms with Crippen molar-refractivity contribution >= 4 is 11.6 Å². The molecule has 0 radical (unpaired) electrons. The number of anilines is 1. The van der Waals surface area contributed by atoms with Gasteiger partial charge in [-0.3, -0.25) is 23.6 Å². The van der Waals surface area contributed by atoms with Crippen LogP contribution in [-0.4, -0.2) is 51.7 Å². The molecule has 0 spiro atoms. The van der Waals surface area contributed by atoms with Gasteiger partial charge < -0.3 is 10.5 Å². The van der Waals surface area contributed by atoms with E-state index in [1.54, 1.807) is 6.92 Å². The molecule has 29 heavy (non-hydrogen) atoms. The van der Waals surface area contributed by atoms with Gasteiger partial charge in [0, 0.05) is 19.6 Å². The smallest absolute Gasteiger partial charge is 0.332 e. The second kappa shape index (κ2) is 8.75. The summed E-state index contributed by atoms with van der Waals surface area (Å²) in [4.78, 5) is 40.7. The largest absolute Gasteiger partial charge is 0.384 e. The minimum Gasteiger partial charge on any atom is -0.384 e. The summed E-state index contributed by atoms with van der Waals surface area (Å²) in [7, 11) is 0. The van der Waals surface area contributed by atoms with Crippen LogP contribution in [0.5, 0.6) is 0 Å². The fraction of sp³-hybridized carbons (Fsp3) is 0.476. The van der Waals surface area contributed by atoms with Crippen molar-refractivity contribution in [3.63, 3.8) is 0 Å². The van der Waals surface area contributed by atoms with Crippen molar-refractivity contribution in [2.75, 3.05) is 25.4 Å². The van der Waals surface area contributed by atoms with E-state index in [2.05, 4.69) is 0 Å². The van der Waals surface area contributed by atoms with E-state index >= 15 is 0 Å². The lowest BCUT2D eigenvalue weighted by Crippen LogP contribution is -2.49. The van der Waals surface area contributed by atoms with E-state index in [1.165, 1.54) is 4.57 Å². The van der Waals surface area contributed by atoms with Gasteiger partial charge in [0.25, 0.3) is 5.56 Å². The number of nitrogens with two attached hydrogens (primary N) is 1. The number of nitrogens with zero attached hydrogens (tertiary/aromatic N) is 3. The Morgan fingerprint density at radius 3 is 2.31 bits per heavy atom. The zero-order chi connectivity index (χ0) is 21.1. The number of hydrogen-bond acceptors (Lipinski definition) is 6. The number of carbonyl (C=O) groups excluding carboxylic acids is 1. The second-order valence-corrected chi connectivity index (χ2v) is 7.54. The van der Waals surface area contributed by atoms with Crippen molar-refractivity contribution in [1.29, 1.82) is 0 Å². The van der Waals surface area contributed by atoms with Gasteiger partial charge >= 0.3 is 5.69 Å². The second-order valence-electron chi connectivity index (χ2n) is 7.54. The number of carbonyl (C=O) groups is 1. The van der Waals surface area contributed by atoms with Crippen LogP contribution in [0.1, 0.15) is 36.7 Å². The number of rotatable bonds is 6. The van der Waals surface area contributed by atoms with E-state index in [0.29, 0.717) is 13.1 Å². The Balaban J connectivity index is 1.99. The molecule has 156 valence electrons. The molecular weight excluding hydrogens is 372 g/mol. The predicted molar refractivity (Wildman–Crippen MR) is 111 cm³/mol. The number of morpholine rings is 1. The summed E-state index contributed by atoms with van der Waals surface area (Å²) in [5.74, 6) is -0.453. The number of hydrogen-bond donors (Lipinski definition) is 1. The zero-order valence-electron chi connectivity index (χ0n) is 17.1. The highest BCUT2D eigenvalue weighted by Gasteiger charge is 2.28. The first kappa shape index (κ1) is 21.0. The lowest BCUT2D eigenvalue weighted by Gasteiger charge is -2.34. The molecule has 8 heteroatoms. The molecule has 3 rings (SSSR count). The van der Waals surface area contributed by atoms with Gasteiger partial charge in [0.2, 0.25) is 0 Å². The van der Waals surface area contributed by atoms with Crippen LogP contribution in [0.15, 0.2) is 39.9 Å². The maximum absolute atomic E-state index is 13.1. The molecule has 1 aliphatic rings. The zero-order valence-corrected chi connectivity index (χ0v) is 17.1. The molecule has 1 aromatic carbocycles. The Hall–Kier alpha value is -2.71. The van der Waals surface area contributed by atoms with Gasteiger partial charge in [-0.25, -0.2) is 4.79 Å². The molecule has 0 saturated carbocycles. The van der Waals surface area contributed by atoms with Crippen LogP contribution < -0.4 is 17.0 Å². The predicted octanol–water partition coefficient (Wildman–Crippen LogP) is 0.952. The fourth-order valence-corrected chi connectivity index (χ4v) is 3.87. The van der Waals surface area contributed by atoms with Gasteiger partial charge in [-0.15, -0.1) is 0 Å². The minimum absolute atomic E-state index is 0.00299. The Kier molecular flexibility index (Phi) is 6.34. The van der Waals surface area contributed by atoms with Gasteiger partial charge in [-0.2, -0.15) is 0 Å². The Labute approximate surface area is 169 Å². The first-order valence-electron chi connectivity index (χ1n) is 9.89. The molecular formula is C21H28N4O4. The van der Waals surface area contributed by atoms with Crippen LogP contribution in [-0.2, 0) is 17.8 Å². The third kappa shape index (κ3) is 4.49. The molecule has 2 atom stereocenters. The molecule has 1 aliphatic heterocycles. The van der Waals surface area contributed by atoms with Crippen LogP contribution in [0.3, 0.4) is 0 Å². The van der Waals surface area contributed by atoms with Gasteiger partial charge in [-0.05, 0) is 26.3 Å². The van der Waals surface area contributed by atoms with Crippen LogP contribution in [0.4, 0.5) is 5.82 Å². The number of nitrogen functional groups attached to an aromatic ring is 1. The average molecular weight is 400 g/mol. The molecule has 0 aliphatic carbocycles. The van der Waals surface area contributed by atoms with Crippen molar-refractivity contribution in [3.05, 3.63) is 62.3 Å². The maximum atomic E-state index is 13.1. The van der Waals surface area contributed by atoms with Crippen molar-refractivity contribution in [2.24, 2.45) is 0 Å². The van der Waals surface area contributed by atoms with E-state index < -0.39 is 11.2 Å². The summed E-state index contributed by atoms with van der Waals surface area (Å²) in [6.45, 7) is 7.22. The lowest BCUT2D eigenvalue weighted by atomic mass is 10.1. The normalized spacial score (nSPS) is 20.0. The SMILES string of the molecule is CCn1c(=O)c(C(=O)CN2C[C@@H](C)O[C@H](C)C2)c(N)n(Cc2ccccc2)c1=O. The maximum Gasteiger partial charge on any atom is 0.332 e. The number of aromatic nitrogens is 2. The van der Waals surface area contributed by atoms with Crippen molar-refractivity contribution in [1.82, 2.24) is 14.0 Å². The van der Waals surface area contributed by atoms with Crippen LogP contribution >= 0.6 is 0 Å². The lowest BCUT2D eigenvalue weighted by molar-refractivity contribution is -0.0652. The van der Waals surface area contributed by atoms with Gasteiger partial charge in [-0.1, -0.05) is 30.3 Å². The van der Waals surface area contributed by atoms with E-state index in [4.69, 9.17) is 10.5 Å². The third-order valence-corrected chi connectivity index (χ3v) is 5.11. The number of benzene rings is 1. The quantitative estimate of drug-likeness (QED) is 0.725. The van der Waals surface area contributed by atoms with Crippen molar-refractivity contribution < 1.29 is 9.53 Å². The summed E-state index contributed by atoms with van der Waals surface area (Å²) in [5, 5.41) is 0. The van der Waals surface area contributed by atoms with E-state index in [9.17, 15) is 14.4 Å². The molecule has 0 unspecified atom stereocenters. The van der Waals surface area contributed by atoms with Crippen molar-refractivity contribution in [3.8, 4) is 0 Å². The molecule has 1 fully saturated rings. The molecule has 0 bridgehead atoms. The Bertz CT molecular complexity index is 986. The Morgan fingerprint density at radius 2 is 1.72 bits per heavy atom. The summed E-state index contributed by atoms with van der Waals surface area (Å²) >= 11 is 0. The summed E-state index contributed by atoms with van der Waals surface area (Å²) in [5.41, 5.74) is 5.81. The number of Topliss-reactive ketones (excluding diaryl/α,β-unsaturated/α-hetero) is 1. The third-order valence-electron chi connectivity index (χ3n) is 5.11. The average Bonchev–Trinajstić information content (AvgIpc) is 2.65. The minimum atomic E-state index is -0.626. The fourth-order valence-electron chi connectivity index (χ4n) is 3.87. The standard InChI is InChI=1S/C21H28N4O4/c1-4-24-20(27)18(17(26)13-23-10-14(2)29-15(3)11-23)19(22)25(21(24)28)12-16-8-6-5-7-9-16/h5-9,14-15H,4,10-13,22H2,1-3H3/t14-,15-/m1/s1. The molecule has 2 aromatic rings. The highest BCUT2D eigenvalue weighted by atomic mass is 16.5. The van der Waals surface area contributed by atoms with Gasteiger partial charge in [0.05, 0.1) is 25.3 Å². The van der Waals surface area contributed by atoms with Gasteiger partial charge in [0.1, 0.15) is 11.4 Å². The first-order chi connectivity index (χ1) is 13.8. The highest BCUT2D eigenvalue weighted by Crippen LogP contribution is 2.14. The van der Waals surface area contributed by atoms with E-state index in [-0.39, 0.29) is 49.0 Å². The molecule has 8 nitrogen and oxygen atoms in total. The Morgan fingerprint density at radius 1 is 1.10 bits per heavy atom. The van der Waals surface area contributed by atoms with Crippen LogP contribution in [0, 0.1) is 0 Å². The summed E-state index contributed by atoms with van der Waals surface area (Å²) in [6.07, 6.45) is 0.00598. The number of ether oxygens (including phenoxy) is 1. The monoisotopic (exact) mass is 400 g/mol. The van der Waals surface area contributed by atoms with Crippen molar-refractivity contribution in [2.45, 2.75) is 46.1 Å². The van der Waals surface area contributed by atoms with Crippen LogP contribution in [0.25, 0.3) is 0 Å². The van der Waals surface area contributed by atoms with Crippen LogP contribution in [0.2, 0.25) is 0 Å². The highest BCUT2D eigenvalue weighted by molar-refractivity contribution is 6.01. The van der Waals surface area contributed by atoms with E-state index in [0.717, 1.165) is 10.1 Å². The molecule has 0 amide bonds. The molecule has 2 heterocycles. The molecule has 1 saturated heterocycles. The molecule has 2 N–H and O–H groups in total. The molecule has 1 aromatic heterocycles. The van der Waals surface area contributed by atoms with Gasteiger partial charge in [0.15, 0.2) is 5.78 Å². The van der Waals surface area contributed by atoms with E-state index in [1.807, 2.05) is 49.1 Å². The summed E-state index contributed by atoms with van der Waals surface area (Å²) in [6, 6.07) is 9.33.